The molecule has 0 spiro atoms. The number of allylic oxidation sites excluding steroid dienone is 1. The van der Waals surface area contributed by atoms with Crippen molar-refractivity contribution in [1.82, 2.24) is 4.72 Å². The summed E-state index contributed by atoms with van der Waals surface area (Å²) >= 11 is 0. The zero-order chi connectivity index (χ0) is 19.5. The lowest BCUT2D eigenvalue weighted by molar-refractivity contribution is 0.366. The summed E-state index contributed by atoms with van der Waals surface area (Å²) in [6, 6.07) is 14.6. The highest BCUT2D eigenvalue weighted by molar-refractivity contribution is 7.89. The number of ether oxygens (including phenoxy) is 1. The molecule has 0 aliphatic carbocycles. The Labute approximate surface area is 162 Å². The van der Waals surface area contributed by atoms with Gasteiger partial charge in [0.2, 0.25) is 10.0 Å². The number of hydrogen-bond donors (Lipinski definition) is 1. The summed E-state index contributed by atoms with van der Waals surface area (Å²) in [5.41, 5.74) is 2.17. The van der Waals surface area contributed by atoms with E-state index in [0.29, 0.717) is 0 Å². The van der Waals surface area contributed by atoms with Crippen molar-refractivity contribution < 1.29 is 13.2 Å². The maximum absolute atomic E-state index is 12.3. The van der Waals surface area contributed by atoms with Gasteiger partial charge in [-0.2, -0.15) is 4.72 Å². The van der Waals surface area contributed by atoms with Crippen LogP contribution < -0.4 is 9.46 Å². The van der Waals surface area contributed by atoms with Crippen LogP contribution in [0.25, 0.3) is 0 Å². The van der Waals surface area contributed by atoms with Gasteiger partial charge in [0.05, 0.1) is 11.4 Å². The van der Waals surface area contributed by atoms with E-state index >= 15 is 0 Å². The Morgan fingerprint density at radius 1 is 1.11 bits per heavy atom. The van der Waals surface area contributed by atoms with Crippen molar-refractivity contribution in [2.24, 2.45) is 0 Å². The molecule has 0 saturated carbocycles. The minimum Gasteiger partial charge on any atom is -0.481 e. The van der Waals surface area contributed by atoms with Gasteiger partial charge in [-0.05, 0) is 42.2 Å². The molecule has 5 heteroatoms. The predicted octanol–water partition coefficient (Wildman–Crippen LogP) is 3.73. The zero-order valence-electron chi connectivity index (χ0n) is 15.6. The normalized spacial score (nSPS) is 10.7. The van der Waals surface area contributed by atoms with Gasteiger partial charge >= 0.3 is 0 Å². The number of sulfonamides is 1. The molecule has 2 aromatic rings. The van der Waals surface area contributed by atoms with E-state index in [1.807, 2.05) is 42.5 Å². The molecule has 0 atom stereocenters. The van der Waals surface area contributed by atoms with Gasteiger partial charge in [-0.15, -0.1) is 6.58 Å². The van der Waals surface area contributed by atoms with E-state index in [4.69, 9.17) is 4.74 Å². The lowest BCUT2D eigenvalue weighted by Crippen LogP contribution is -2.24. The minimum atomic E-state index is -3.55. The van der Waals surface area contributed by atoms with Crippen LogP contribution in [0.2, 0.25) is 0 Å². The number of para-hydroxylation sites is 1. The molecule has 0 saturated heterocycles. The molecule has 2 aromatic carbocycles. The maximum Gasteiger partial charge on any atom is 0.241 e. The summed E-state index contributed by atoms with van der Waals surface area (Å²) in [4.78, 5) is 0.249. The van der Waals surface area contributed by atoms with Crippen LogP contribution in [-0.4, -0.2) is 21.6 Å². The highest BCUT2D eigenvalue weighted by Crippen LogP contribution is 2.18. The molecule has 0 aromatic heterocycles. The average molecular weight is 384 g/mol. The standard InChI is InChI=1S/C22H25NO3S/c1-3-9-19-13-15-21(16-14-19)27(24,25)23-17-7-8-18-26-22-12-6-5-11-20(22)10-4-2/h4-6,11-16,23H,2-3,9-10,17-18H2,1H3. The summed E-state index contributed by atoms with van der Waals surface area (Å²) < 4.78 is 32.6. The highest BCUT2D eigenvalue weighted by Gasteiger charge is 2.12. The smallest absolute Gasteiger partial charge is 0.241 e. The molecule has 0 bridgehead atoms. The van der Waals surface area contributed by atoms with Crippen LogP contribution in [-0.2, 0) is 22.9 Å². The summed E-state index contributed by atoms with van der Waals surface area (Å²) in [6.45, 7) is 6.06. The van der Waals surface area contributed by atoms with E-state index in [1.54, 1.807) is 12.1 Å². The van der Waals surface area contributed by atoms with Crippen molar-refractivity contribution in [1.29, 1.82) is 0 Å². The van der Waals surface area contributed by atoms with Crippen LogP contribution in [0.4, 0.5) is 0 Å². The molecule has 1 N–H and O–H groups in total. The fourth-order valence-electron chi connectivity index (χ4n) is 2.53. The summed E-state index contributed by atoms with van der Waals surface area (Å²) in [6.07, 6.45) is 4.51. The van der Waals surface area contributed by atoms with Gasteiger partial charge in [0.1, 0.15) is 12.4 Å². The van der Waals surface area contributed by atoms with Gasteiger partial charge in [-0.1, -0.05) is 61.6 Å². The highest BCUT2D eigenvalue weighted by atomic mass is 32.2. The molecule has 0 radical (unpaired) electrons. The van der Waals surface area contributed by atoms with Crippen molar-refractivity contribution in [3.8, 4) is 17.6 Å². The third kappa shape index (κ3) is 6.59. The topological polar surface area (TPSA) is 55.4 Å². The molecule has 0 unspecified atom stereocenters. The fraction of sp³-hybridized carbons (Fsp3) is 0.273. The molecular formula is C22H25NO3S. The fourth-order valence-corrected chi connectivity index (χ4v) is 3.46. The van der Waals surface area contributed by atoms with Crippen LogP contribution in [0.5, 0.6) is 5.75 Å². The first-order chi connectivity index (χ1) is 13.1. The van der Waals surface area contributed by atoms with Gasteiger partial charge in [0.25, 0.3) is 0 Å². The summed E-state index contributed by atoms with van der Waals surface area (Å²) in [7, 11) is -3.55. The van der Waals surface area contributed by atoms with Crippen LogP contribution in [0.15, 0.2) is 66.1 Å². The second-order valence-corrected chi connectivity index (χ2v) is 7.73. The number of nitrogens with one attached hydrogen (secondary N) is 1. The average Bonchev–Trinajstić information content (AvgIpc) is 2.67. The van der Waals surface area contributed by atoms with E-state index in [2.05, 4.69) is 30.1 Å². The number of rotatable bonds is 9. The lowest BCUT2D eigenvalue weighted by atomic mass is 10.1. The summed E-state index contributed by atoms with van der Waals surface area (Å²) in [5.74, 6) is 6.37. The van der Waals surface area contributed by atoms with Gasteiger partial charge in [0.15, 0.2) is 0 Å². The number of hydrogen-bond acceptors (Lipinski definition) is 3. The third-order valence-electron chi connectivity index (χ3n) is 3.88. The van der Waals surface area contributed by atoms with Crippen LogP contribution in [0, 0.1) is 11.8 Å². The predicted molar refractivity (Wildman–Crippen MR) is 109 cm³/mol. The van der Waals surface area contributed by atoms with E-state index < -0.39 is 10.0 Å². The van der Waals surface area contributed by atoms with Crippen LogP contribution in [0.1, 0.15) is 24.5 Å². The minimum absolute atomic E-state index is 0.0384. The van der Waals surface area contributed by atoms with Crippen molar-refractivity contribution in [3.63, 3.8) is 0 Å². The van der Waals surface area contributed by atoms with Gasteiger partial charge in [-0.3, -0.25) is 0 Å². The SMILES string of the molecule is C=CCc1ccccc1OCC#CCNS(=O)(=O)c1ccc(CCC)cc1. The molecule has 142 valence electrons. The van der Waals surface area contributed by atoms with Crippen molar-refractivity contribution >= 4 is 10.0 Å². The molecule has 0 aliphatic rings. The quantitative estimate of drug-likeness (QED) is 0.530. The Morgan fingerprint density at radius 3 is 2.56 bits per heavy atom. The Morgan fingerprint density at radius 2 is 1.85 bits per heavy atom. The van der Waals surface area contributed by atoms with Gasteiger partial charge in [-0.25, -0.2) is 8.42 Å². The molecule has 0 heterocycles. The van der Waals surface area contributed by atoms with E-state index in [9.17, 15) is 8.42 Å². The van der Waals surface area contributed by atoms with Crippen molar-refractivity contribution in [2.75, 3.05) is 13.2 Å². The van der Waals surface area contributed by atoms with E-state index in [-0.39, 0.29) is 18.0 Å². The second kappa shape index (κ2) is 10.6. The van der Waals surface area contributed by atoms with Crippen molar-refractivity contribution in [3.05, 3.63) is 72.3 Å². The molecule has 4 nitrogen and oxygen atoms in total. The number of benzene rings is 2. The Kier molecular flexibility index (Phi) is 8.12. The van der Waals surface area contributed by atoms with Gasteiger partial charge < -0.3 is 4.74 Å². The monoisotopic (exact) mass is 383 g/mol. The Balaban J connectivity index is 1.85. The molecule has 0 aliphatic heterocycles. The van der Waals surface area contributed by atoms with Crippen LogP contribution >= 0.6 is 0 Å². The third-order valence-corrected chi connectivity index (χ3v) is 5.30. The molecule has 0 amide bonds. The van der Waals surface area contributed by atoms with E-state index in [0.717, 1.165) is 36.1 Å². The molecule has 27 heavy (non-hydrogen) atoms. The molecular weight excluding hydrogens is 358 g/mol. The molecule has 0 fully saturated rings. The Hall–Kier alpha value is -2.55. The lowest BCUT2D eigenvalue weighted by Gasteiger charge is -2.07. The summed E-state index contributed by atoms with van der Waals surface area (Å²) in [5, 5.41) is 0. The first-order valence-electron chi connectivity index (χ1n) is 8.92. The van der Waals surface area contributed by atoms with Crippen molar-refractivity contribution in [2.45, 2.75) is 31.1 Å². The molecule has 2 rings (SSSR count). The van der Waals surface area contributed by atoms with E-state index in [1.165, 1.54) is 0 Å². The van der Waals surface area contributed by atoms with Crippen LogP contribution in [0.3, 0.4) is 0 Å². The maximum atomic E-state index is 12.3. The largest absolute Gasteiger partial charge is 0.481 e. The zero-order valence-corrected chi connectivity index (χ0v) is 16.4. The second-order valence-electron chi connectivity index (χ2n) is 5.96. The Bertz CT molecular complexity index is 907. The van der Waals surface area contributed by atoms with Gasteiger partial charge in [0, 0.05) is 0 Å². The first-order valence-corrected chi connectivity index (χ1v) is 10.4. The number of aryl methyl sites for hydroxylation is 1. The first kappa shape index (κ1) is 20.8.